The molecule has 246 valence electrons. The van der Waals surface area contributed by atoms with Gasteiger partial charge < -0.3 is 71.4 Å². The summed E-state index contributed by atoms with van der Waals surface area (Å²) in [4.78, 5) is 25.6. The maximum Gasteiger partial charge on any atom is 0.328 e. The summed E-state index contributed by atoms with van der Waals surface area (Å²) in [5.74, 6) is -3.35. The van der Waals surface area contributed by atoms with Crippen LogP contribution in [0.4, 0.5) is 0 Å². The van der Waals surface area contributed by atoms with E-state index in [1.165, 1.54) is 0 Å². The normalized spacial score (nSPS) is 36.8. The molecule has 0 spiro atoms. The fourth-order valence-corrected chi connectivity index (χ4v) is 5.26. The van der Waals surface area contributed by atoms with Crippen molar-refractivity contribution in [1.82, 2.24) is 10.4 Å². The summed E-state index contributed by atoms with van der Waals surface area (Å²) in [6, 6.07) is -1.58. The number of nitrogens with one attached hydrogen (secondary N) is 1. The second-order valence-electron chi connectivity index (χ2n) is 10.7. The minimum atomic E-state index is -2.81. The van der Waals surface area contributed by atoms with E-state index in [-0.39, 0.29) is 13.0 Å². The number of hydrogen-bond donors (Lipinski definition) is 13. The van der Waals surface area contributed by atoms with Gasteiger partial charge in [-0.25, -0.2) is 5.43 Å². The molecule has 2 aliphatic rings. The van der Waals surface area contributed by atoms with Gasteiger partial charge in [0.2, 0.25) is 0 Å². The van der Waals surface area contributed by atoms with Crippen LogP contribution in [0.1, 0.15) is 39.0 Å². The molecule has 42 heavy (non-hydrogen) atoms. The van der Waals surface area contributed by atoms with E-state index in [4.69, 9.17) is 15.2 Å². The molecule has 0 aromatic rings. The third-order valence-corrected chi connectivity index (χ3v) is 7.85. The van der Waals surface area contributed by atoms with Crippen LogP contribution in [0.15, 0.2) is 0 Å². The summed E-state index contributed by atoms with van der Waals surface area (Å²) in [5, 5.41) is 115. The molecule has 0 aromatic carbocycles. The summed E-state index contributed by atoms with van der Waals surface area (Å²) >= 11 is 0. The van der Waals surface area contributed by atoms with Crippen molar-refractivity contribution in [3.63, 3.8) is 0 Å². The van der Waals surface area contributed by atoms with E-state index in [0.717, 1.165) is 0 Å². The first kappa shape index (κ1) is 36.6. The van der Waals surface area contributed by atoms with E-state index in [9.17, 15) is 65.8 Å². The Bertz CT molecular complexity index is 869. The standard InChI is InChI=1S/C24H45N3O15/c1-2-3-4-11(22(37)38)26-27(21-19(36)17(34)15(32)13(9-29)42-21)24(23(39)40,6-5-10(30)7-25)20-18(35)16(33)14(31)12(8-28)41-20/h10-21,26,28-36H,2-9,25H2,1H3,(H,37,38)(H,39,40)/t10-,11+,12-,13-,14-,15+,16+,17+,18-,19-,20?,21?,24-/m1/s1. The van der Waals surface area contributed by atoms with E-state index in [0.29, 0.717) is 17.9 Å². The number of carbonyl (C=O) groups is 2. The van der Waals surface area contributed by atoms with Crippen molar-refractivity contribution >= 4 is 11.9 Å². The molecular weight excluding hydrogens is 570 g/mol. The van der Waals surface area contributed by atoms with Gasteiger partial charge in [-0.2, -0.15) is 5.01 Å². The van der Waals surface area contributed by atoms with E-state index in [1.807, 2.05) is 0 Å². The third-order valence-electron chi connectivity index (χ3n) is 7.85. The highest BCUT2D eigenvalue weighted by Crippen LogP contribution is 2.39. The van der Waals surface area contributed by atoms with E-state index in [1.54, 1.807) is 6.92 Å². The third kappa shape index (κ3) is 7.53. The van der Waals surface area contributed by atoms with Crippen LogP contribution in [-0.2, 0) is 19.1 Å². The lowest BCUT2D eigenvalue weighted by molar-refractivity contribution is -0.315. The second-order valence-corrected chi connectivity index (χ2v) is 10.7. The van der Waals surface area contributed by atoms with Gasteiger partial charge in [-0.05, 0) is 19.3 Å². The summed E-state index contributed by atoms with van der Waals surface area (Å²) in [5.41, 5.74) is 5.19. The van der Waals surface area contributed by atoms with Crippen molar-refractivity contribution in [1.29, 1.82) is 0 Å². The van der Waals surface area contributed by atoms with Gasteiger partial charge in [-0.3, -0.25) is 9.59 Å². The molecule has 2 heterocycles. The van der Waals surface area contributed by atoms with Gasteiger partial charge in [-0.1, -0.05) is 19.8 Å². The fraction of sp³-hybridized carbons (Fsp3) is 0.917. The molecule has 2 unspecified atom stereocenters. The number of unbranched alkanes of at least 4 members (excludes halogenated alkanes) is 1. The Morgan fingerprint density at radius 1 is 0.881 bits per heavy atom. The van der Waals surface area contributed by atoms with Crippen LogP contribution in [0.2, 0.25) is 0 Å². The van der Waals surface area contributed by atoms with Crippen molar-refractivity contribution in [2.45, 2.75) is 118 Å². The summed E-state index contributed by atoms with van der Waals surface area (Å²) < 4.78 is 11.2. The summed E-state index contributed by atoms with van der Waals surface area (Å²) in [7, 11) is 0. The molecule has 2 fully saturated rings. The molecule has 14 N–H and O–H groups in total. The zero-order chi connectivity index (χ0) is 31.9. The largest absolute Gasteiger partial charge is 0.480 e. The highest BCUT2D eigenvalue weighted by atomic mass is 16.6. The molecule has 0 radical (unpaired) electrons. The Kier molecular flexibility index (Phi) is 13.9. The first-order valence-corrected chi connectivity index (χ1v) is 13.7. The average molecular weight is 616 g/mol. The molecule has 0 saturated carbocycles. The van der Waals surface area contributed by atoms with Crippen molar-refractivity contribution in [3.05, 3.63) is 0 Å². The van der Waals surface area contributed by atoms with Crippen molar-refractivity contribution in [2.24, 2.45) is 5.73 Å². The topological polar surface area (TPSA) is 316 Å². The maximum atomic E-state index is 13.4. The number of hydrazine groups is 1. The zero-order valence-electron chi connectivity index (χ0n) is 23.2. The number of aliphatic carboxylic acids is 2. The molecule has 13 atom stereocenters. The van der Waals surface area contributed by atoms with Crippen molar-refractivity contribution < 1.29 is 75.2 Å². The van der Waals surface area contributed by atoms with E-state index in [2.05, 4.69) is 5.43 Å². The number of carboxylic acids is 2. The minimum Gasteiger partial charge on any atom is -0.480 e. The van der Waals surface area contributed by atoms with Gasteiger partial charge in [0.15, 0.2) is 11.8 Å². The molecule has 0 amide bonds. The van der Waals surface area contributed by atoms with E-state index < -0.39 is 117 Å². The Balaban J connectivity index is 2.86. The van der Waals surface area contributed by atoms with Gasteiger partial charge in [0.1, 0.15) is 61.0 Å². The molecule has 0 bridgehead atoms. The van der Waals surface area contributed by atoms with Gasteiger partial charge in [0, 0.05) is 6.54 Å². The molecule has 18 heteroatoms. The van der Waals surface area contributed by atoms with Crippen LogP contribution >= 0.6 is 0 Å². The van der Waals surface area contributed by atoms with Crippen LogP contribution in [0, 0.1) is 0 Å². The Labute approximate surface area is 241 Å². The van der Waals surface area contributed by atoms with Gasteiger partial charge in [-0.15, -0.1) is 0 Å². The van der Waals surface area contributed by atoms with Crippen molar-refractivity contribution in [2.75, 3.05) is 19.8 Å². The Morgan fingerprint density at radius 2 is 1.43 bits per heavy atom. The van der Waals surface area contributed by atoms with Crippen LogP contribution in [-0.4, -0.2) is 172 Å². The predicted octanol–water partition coefficient (Wildman–Crippen LogP) is -6.00. The number of ether oxygens (including phenoxy) is 2. The lowest BCUT2D eigenvalue weighted by atomic mass is 9.77. The van der Waals surface area contributed by atoms with Crippen LogP contribution in [0.5, 0.6) is 0 Å². The smallest absolute Gasteiger partial charge is 0.328 e. The minimum absolute atomic E-state index is 0.102. The molecule has 0 aromatic heterocycles. The number of rotatable bonds is 16. The molecule has 0 aliphatic carbocycles. The monoisotopic (exact) mass is 615 g/mol. The second kappa shape index (κ2) is 15.9. The Morgan fingerprint density at radius 3 is 1.90 bits per heavy atom. The van der Waals surface area contributed by atoms with Gasteiger partial charge >= 0.3 is 11.9 Å². The van der Waals surface area contributed by atoms with Crippen LogP contribution in [0.25, 0.3) is 0 Å². The molecule has 2 rings (SSSR count). The lowest BCUT2D eigenvalue weighted by Gasteiger charge is -2.55. The zero-order valence-corrected chi connectivity index (χ0v) is 23.2. The van der Waals surface area contributed by atoms with Crippen LogP contribution in [0.3, 0.4) is 0 Å². The fourth-order valence-electron chi connectivity index (χ4n) is 5.26. The number of nitrogens with zero attached hydrogens (tertiary/aromatic N) is 1. The summed E-state index contributed by atoms with van der Waals surface area (Å²) in [6.45, 7) is -0.478. The SMILES string of the molecule is CCCC[C@H](NN(C1O[C@H](CO)[C@H](O)[C@H](O)[C@H]1O)[C@@](CC[C@@H](O)CN)(C(=O)O)C1O[C@H](CO)[C@@H](O)[C@H](O)[C@H]1O)C(=O)O. The first-order valence-electron chi connectivity index (χ1n) is 13.7. The average Bonchev–Trinajstić information content (AvgIpc) is 2.96. The maximum absolute atomic E-state index is 13.4. The number of carboxylic acid groups (broad SMARTS) is 2. The quantitative estimate of drug-likeness (QED) is 0.0718. The molecule has 18 nitrogen and oxygen atoms in total. The van der Waals surface area contributed by atoms with Crippen molar-refractivity contribution in [3.8, 4) is 0 Å². The first-order chi connectivity index (χ1) is 19.7. The highest BCUT2D eigenvalue weighted by molar-refractivity contribution is 5.80. The number of nitrogens with two attached hydrogens (primary N) is 1. The molecule has 2 saturated heterocycles. The number of aliphatic hydroxyl groups is 9. The number of hydrogen-bond acceptors (Lipinski definition) is 16. The number of aliphatic hydroxyl groups excluding tert-OH is 9. The van der Waals surface area contributed by atoms with E-state index >= 15 is 0 Å². The molecular formula is C24H45N3O15. The molecule has 2 aliphatic heterocycles. The predicted molar refractivity (Wildman–Crippen MR) is 138 cm³/mol. The van der Waals surface area contributed by atoms with Crippen LogP contribution < -0.4 is 11.2 Å². The highest BCUT2D eigenvalue weighted by Gasteiger charge is 2.63. The van der Waals surface area contributed by atoms with Gasteiger partial charge in [0.05, 0.1) is 19.3 Å². The summed E-state index contributed by atoms with van der Waals surface area (Å²) in [6.07, 6.45) is -21.5. The lowest BCUT2D eigenvalue weighted by Crippen LogP contribution is -2.79. The van der Waals surface area contributed by atoms with Gasteiger partial charge in [0.25, 0.3) is 0 Å². The Hall–Kier alpha value is -1.62.